The van der Waals surface area contributed by atoms with Gasteiger partial charge in [-0.1, -0.05) is 140 Å². The first-order valence-electron chi connectivity index (χ1n) is 22.3. The van der Waals surface area contributed by atoms with Crippen molar-refractivity contribution >= 4 is 11.9 Å². The van der Waals surface area contributed by atoms with Crippen LogP contribution < -0.4 is 0 Å². The van der Waals surface area contributed by atoms with Gasteiger partial charge in [0.05, 0.1) is 26.1 Å². The van der Waals surface area contributed by atoms with Crippen LogP contribution in [0.15, 0.2) is 48.6 Å². The predicted molar refractivity (Wildman–Crippen MR) is 229 cm³/mol. The van der Waals surface area contributed by atoms with Gasteiger partial charge in [0.2, 0.25) is 0 Å². The number of unbranched alkanes of at least 4 members (excludes halogenated alkanes) is 18. The van der Waals surface area contributed by atoms with Crippen LogP contribution in [0.3, 0.4) is 0 Å². The van der Waals surface area contributed by atoms with Crippen molar-refractivity contribution in [3.05, 3.63) is 48.6 Å². The summed E-state index contributed by atoms with van der Waals surface area (Å²) in [6.45, 7) is 8.59. The molecular formula is C47H86N2O4. The van der Waals surface area contributed by atoms with Crippen molar-refractivity contribution in [3.63, 3.8) is 0 Å². The Bertz CT molecular complexity index is 844. The van der Waals surface area contributed by atoms with E-state index in [9.17, 15) is 9.59 Å². The van der Waals surface area contributed by atoms with Crippen LogP contribution in [-0.2, 0) is 19.1 Å². The quantitative estimate of drug-likeness (QED) is 0.0354. The highest BCUT2D eigenvalue weighted by Crippen LogP contribution is 2.10. The van der Waals surface area contributed by atoms with Crippen LogP contribution >= 0.6 is 0 Å². The molecule has 0 bridgehead atoms. The second-order valence-corrected chi connectivity index (χ2v) is 15.1. The molecule has 0 aliphatic carbocycles. The van der Waals surface area contributed by atoms with E-state index in [0.29, 0.717) is 39.1 Å². The Labute approximate surface area is 329 Å². The van der Waals surface area contributed by atoms with Gasteiger partial charge in [-0.25, -0.2) is 0 Å². The second-order valence-electron chi connectivity index (χ2n) is 15.1. The average Bonchev–Trinajstić information content (AvgIpc) is 3.14. The van der Waals surface area contributed by atoms with Crippen molar-refractivity contribution in [2.24, 2.45) is 0 Å². The molecule has 0 rings (SSSR count). The van der Waals surface area contributed by atoms with Gasteiger partial charge in [0, 0.05) is 13.1 Å². The Hall–Kier alpha value is -2.18. The highest BCUT2D eigenvalue weighted by atomic mass is 16.5. The molecule has 0 spiro atoms. The number of ether oxygens (including phenoxy) is 2. The van der Waals surface area contributed by atoms with Crippen LogP contribution in [0.4, 0.5) is 0 Å². The number of hydrogen-bond acceptors (Lipinski definition) is 6. The fraction of sp³-hybridized carbons (Fsp3) is 0.787. The fourth-order valence-corrected chi connectivity index (χ4v) is 6.14. The molecule has 0 saturated carbocycles. The molecule has 6 heteroatoms. The predicted octanol–water partition coefficient (Wildman–Crippen LogP) is 12.7. The summed E-state index contributed by atoms with van der Waals surface area (Å²) < 4.78 is 11.1. The maximum Gasteiger partial charge on any atom is 0.307 e. The molecule has 0 N–H and O–H groups in total. The SMILES string of the molecule is CCCCC/C=C\C/C=C\CCCCCCCCOC(=O)CCN(CCCN(C)C)CCC(=O)OCCCCCCCC/C=C\C/C=C\CCCCC. The number of allylic oxidation sites excluding steroid dienone is 8. The highest BCUT2D eigenvalue weighted by molar-refractivity contribution is 5.70. The molecule has 0 aliphatic rings. The van der Waals surface area contributed by atoms with Gasteiger partial charge < -0.3 is 19.3 Å². The summed E-state index contributed by atoms with van der Waals surface area (Å²) in [6, 6.07) is 0. The van der Waals surface area contributed by atoms with Crippen molar-refractivity contribution in [3.8, 4) is 0 Å². The topological polar surface area (TPSA) is 59.1 Å². The van der Waals surface area contributed by atoms with Crippen molar-refractivity contribution in [2.45, 2.75) is 187 Å². The zero-order valence-corrected chi connectivity index (χ0v) is 35.5. The van der Waals surface area contributed by atoms with Crippen LogP contribution in [0.1, 0.15) is 187 Å². The number of carbonyl (C=O) groups excluding carboxylic acids is 2. The Kier molecular flexibility index (Phi) is 40.8. The lowest BCUT2D eigenvalue weighted by Gasteiger charge is -2.22. The normalized spacial score (nSPS) is 12.2. The van der Waals surface area contributed by atoms with Crippen LogP contribution in [0, 0.1) is 0 Å². The number of nitrogens with zero attached hydrogens (tertiary/aromatic N) is 2. The molecule has 0 amide bonds. The van der Waals surface area contributed by atoms with Crippen molar-refractivity contribution in [2.75, 3.05) is 53.5 Å². The minimum absolute atomic E-state index is 0.134. The molecule has 0 aromatic rings. The summed E-state index contributed by atoms with van der Waals surface area (Å²) in [5, 5.41) is 0. The Morgan fingerprint density at radius 1 is 0.415 bits per heavy atom. The van der Waals surface area contributed by atoms with Gasteiger partial charge in [0.1, 0.15) is 0 Å². The average molecular weight is 743 g/mol. The molecule has 0 aliphatic heterocycles. The van der Waals surface area contributed by atoms with E-state index in [1.165, 1.54) is 116 Å². The molecule has 0 saturated heterocycles. The van der Waals surface area contributed by atoms with E-state index >= 15 is 0 Å². The summed E-state index contributed by atoms with van der Waals surface area (Å²) in [7, 11) is 4.14. The first kappa shape index (κ1) is 50.8. The van der Waals surface area contributed by atoms with Crippen molar-refractivity contribution in [1.82, 2.24) is 9.80 Å². The van der Waals surface area contributed by atoms with Crippen molar-refractivity contribution in [1.29, 1.82) is 0 Å². The molecule has 0 fully saturated rings. The van der Waals surface area contributed by atoms with Crippen LogP contribution in [0.2, 0.25) is 0 Å². The minimum Gasteiger partial charge on any atom is -0.466 e. The number of carbonyl (C=O) groups is 2. The monoisotopic (exact) mass is 743 g/mol. The number of hydrogen-bond donors (Lipinski definition) is 0. The molecule has 0 unspecified atom stereocenters. The van der Waals surface area contributed by atoms with Gasteiger partial charge >= 0.3 is 11.9 Å². The van der Waals surface area contributed by atoms with E-state index in [1.54, 1.807) is 0 Å². The van der Waals surface area contributed by atoms with Crippen molar-refractivity contribution < 1.29 is 19.1 Å². The zero-order valence-electron chi connectivity index (χ0n) is 35.5. The fourth-order valence-electron chi connectivity index (χ4n) is 6.14. The van der Waals surface area contributed by atoms with Gasteiger partial charge in [-0.3, -0.25) is 9.59 Å². The summed E-state index contributed by atoms with van der Waals surface area (Å²) in [6.07, 6.45) is 49.0. The van der Waals surface area contributed by atoms with Gasteiger partial charge in [0.25, 0.3) is 0 Å². The lowest BCUT2D eigenvalue weighted by atomic mass is 10.1. The Morgan fingerprint density at radius 2 is 0.774 bits per heavy atom. The first-order valence-corrected chi connectivity index (χ1v) is 22.3. The third-order valence-electron chi connectivity index (χ3n) is 9.56. The summed E-state index contributed by atoms with van der Waals surface area (Å²) >= 11 is 0. The minimum atomic E-state index is -0.134. The molecular weight excluding hydrogens is 657 g/mol. The second kappa shape index (κ2) is 42.6. The molecule has 0 aromatic heterocycles. The van der Waals surface area contributed by atoms with E-state index in [4.69, 9.17) is 9.47 Å². The van der Waals surface area contributed by atoms with Gasteiger partial charge in [-0.2, -0.15) is 0 Å². The number of esters is 2. The maximum atomic E-state index is 12.4. The number of rotatable bonds is 40. The molecule has 0 aromatic carbocycles. The van der Waals surface area contributed by atoms with E-state index in [2.05, 4.69) is 86.4 Å². The maximum absolute atomic E-state index is 12.4. The lowest BCUT2D eigenvalue weighted by Crippen LogP contribution is -2.32. The smallest absolute Gasteiger partial charge is 0.307 e. The zero-order chi connectivity index (χ0) is 38.7. The standard InChI is InChI=1S/C47H86N2O4/c1-5-7-9-11-13-15-17-19-21-23-25-27-29-31-33-35-44-52-46(50)38-42-49(41-37-40-48(3)4)43-39-47(51)53-45-36-34-32-30-28-26-24-22-20-18-16-14-12-10-8-6-2/h13-16,19-22H,5-12,17-18,23-45H2,1-4H3/b15-13-,16-14-,21-19-,22-20-. The van der Waals surface area contributed by atoms with E-state index < -0.39 is 0 Å². The first-order chi connectivity index (χ1) is 26.0. The molecule has 308 valence electrons. The van der Waals surface area contributed by atoms with Gasteiger partial charge in [-0.05, 0) is 111 Å². The van der Waals surface area contributed by atoms with Crippen LogP contribution in [0.5, 0.6) is 0 Å². The van der Waals surface area contributed by atoms with Gasteiger partial charge in [-0.15, -0.1) is 0 Å². The summed E-state index contributed by atoms with van der Waals surface area (Å²) in [5.74, 6) is -0.268. The van der Waals surface area contributed by atoms with Gasteiger partial charge in [0.15, 0.2) is 0 Å². The molecule has 6 nitrogen and oxygen atoms in total. The lowest BCUT2D eigenvalue weighted by molar-refractivity contribution is -0.144. The van der Waals surface area contributed by atoms with Crippen LogP contribution in [0.25, 0.3) is 0 Å². The molecule has 0 atom stereocenters. The highest BCUT2D eigenvalue weighted by Gasteiger charge is 2.12. The largest absolute Gasteiger partial charge is 0.466 e. The van der Waals surface area contributed by atoms with Crippen LogP contribution in [-0.4, -0.2) is 75.2 Å². The third-order valence-corrected chi connectivity index (χ3v) is 9.56. The Morgan fingerprint density at radius 3 is 1.15 bits per heavy atom. The van der Waals surface area contributed by atoms with E-state index in [-0.39, 0.29) is 11.9 Å². The summed E-state index contributed by atoms with van der Waals surface area (Å²) in [5.41, 5.74) is 0. The Balaban J connectivity index is 3.90. The molecule has 53 heavy (non-hydrogen) atoms. The van der Waals surface area contributed by atoms with E-state index in [0.717, 1.165) is 58.0 Å². The van der Waals surface area contributed by atoms with E-state index in [1.807, 2.05) is 0 Å². The molecule has 0 heterocycles. The third kappa shape index (κ3) is 42.4. The molecule has 0 radical (unpaired) electrons. The summed E-state index contributed by atoms with van der Waals surface area (Å²) in [4.78, 5) is 29.3.